The van der Waals surface area contributed by atoms with Crippen molar-refractivity contribution in [3.8, 4) is 0 Å². The Hall–Kier alpha value is -3.52. The highest BCUT2D eigenvalue weighted by molar-refractivity contribution is 5.96. The fourth-order valence-electron chi connectivity index (χ4n) is 3.23. The van der Waals surface area contributed by atoms with Gasteiger partial charge >= 0.3 is 0 Å². The summed E-state index contributed by atoms with van der Waals surface area (Å²) in [6.45, 7) is 6.08. The number of hydrogen-bond donors (Lipinski definition) is 3. The number of amidine groups is 1. The van der Waals surface area contributed by atoms with E-state index in [0.29, 0.717) is 23.2 Å². The molecule has 8 nitrogen and oxygen atoms in total. The van der Waals surface area contributed by atoms with Gasteiger partial charge in [0.1, 0.15) is 23.8 Å². The molecule has 1 aromatic carbocycles. The summed E-state index contributed by atoms with van der Waals surface area (Å²) in [5, 5.41) is 19.1. The third-order valence-electron chi connectivity index (χ3n) is 4.79. The Kier molecular flexibility index (Phi) is 6.04. The molecule has 0 saturated carbocycles. The highest BCUT2D eigenvalue weighted by Gasteiger charge is 2.32. The van der Waals surface area contributed by atoms with Crippen molar-refractivity contribution in [3.05, 3.63) is 65.6 Å². The van der Waals surface area contributed by atoms with E-state index < -0.39 is 6.23 Å². The van der Waals surface area contributed by atoms with Crippen LogP contribution in [-0.4, -0.2) is 38.7 Å². The number of nitrogens with zero attached hydrogens (tertiary/aromatic N) is 5. The van der Waals surface area contributed by atoms with Gasteiger partial charge in [-0.15, -0.1) is 0 Å². The number of aromatic nitrogens is 2. The topological polar surface area (TPSA) is 115 Å². The molecule has 0 saturated heterocycles. The van der Waals surface area contributed by atoms with E-state index in [1.165, 1.54) is 6.33 Å². The highest BCUT2D eigenvalue weighted by atomic mass is 16.3. The number of para-hydroxylation sites is 1. The molecule has 0 fully saturated rings. The van der Waals surface area contributed by atoms with Crippen LogP contribution < -0.4 is 10.6 Å². The number of anilines is 2. The summed E-state index contributed by atoms with van der Waals surface area (Å²) in [6, 6.07) is 9.09. The molecular formula is C21H25N7O. The molecule has 29 heavy (non-hydrogen) atoms. The lowest BCUT2D eigenvalue weighted by Crippen LogP contribution is -2.43. The molecular weight excluding hydrogens is 366 g/mol. The molecule has 0 amide bonds. The van der Waals surface area contributed by atoms with Gasteiger partial charge in [0.15, 0.2) is 6.23 Å². The van der Waals surface area contributed by atoms with Crippen LogP contribution in [0.25, 0.3) is 0 Å². The van der Waals surface area contributed by atoms with Crippen LogP contribution in [0.3, 0.4) is 0 Å². The number of benzene rings is 1. The molecule has 0 spiro atoms. The van der Waals surface area contributed by atoms with Gasteiger partial charge in [0.25, 0.3) is 0 Å². The van der Waals surface area contributed by atoms with Crippen LogP contribution in [0.1, 0.15) is 32.6 Å². The molecule has 0 radical (unpaired) electrons. The zero-order valence-electron chi connectivity index (χ0n) is 16.7. The lowest BCUT2D eigenvalue weighted by atomic mass is 10.0. The van der Waals surface area contributed by atoms with Crippen molar-refractivity contribution < 1.29 is 5.11 Å². The van der Waals surface area contributed by atoms with Gasteiger partial charge in [0.2, 0.25) is 0 Å². The summed E-state index contributed by atoms with van der Waals surface area (Å²) in [6.07, 6.45) is 5.54. The fraction of sp³-hybridized carbons (Fsp3) is 0.238. The Morgan fingerprint density at radius 1 is 1.28 bits per heavy atom. The van der Waals surface area contributed by atoms with Gasteiger partial charge in [0, 0.05) is 17.3 Å². The van der Waals surface area contributed by atoms with Gasteiger partial charge in [-0.25, -0.2) is 15.0 Å². The van der Waals surface area contributed by atoms with Crippen LogP contribution in [0.15, 0.2) is 65.1 Å². The summed E-state index contributed by atoms with van der Waals surface area (Å²) in [5.74, 6) is 1.38. The summed E-state index contributed by atoms with van der Waals surface area (Å²) in [5.41, 5.74) is 9.06. The number of aliphatic hydroxyl groups excluding tert-OH is 1. The van der Waals surface area contributed by atoms with Crippen LogP contribution in [0.2, 0.25) is 0 Å². The number of nitrogens with two attached hydrogens (primary N) is 1. The van der Waals surface area contributed by atoms with E-state index in [1.807, 2.05) is 57.2 Å². The van der Waals surface area contributed by atoms with Crippen molar-refractivity contribution in [2.75, 3.05) is 17.2 Å². The van der Waals surface area contributed by atoms with Crippen molar-refractivity contribution in [2.24, 2.45) is 4.99 Å². The van der Waals surface area contributed by atoms with Crippen molar-refractivity contribution in [3.63, 3.8) is 0 Å². The van der Waals surface area contributed by atoms with E-state index in [2.05, 4.69) is 9.97 Å². The second-order valence-corrected chi connectivity index (χ2v) is 6.53. The summed E-state index contributed by atoms with van der Waals surface area (Å²) in [4.78, 5) is 16.3. The highest BCUT2D eigenvalue weighted by Crippen LogP contribution is 2.37. The van der Waals surface area contributed by atoms with Crippen molar-refractivity contribution in [2.45, 2.75) is 27.0 Å². The van der Waals surface area contributed by atoms with Gasteiger partial charge in [-0.1, -0.05) is 30.4 Å². The lowest BCUT2D eigenvalue weighted by molar-refractivity contribution is 0.0725. The smallest absolute Gasteiger partial charge is 0.160 e. The number of fused-ring (bicyclic) bond motifs is 1. The third-order valence-corrected chi connectivity index (χ3v) is 4.79. The first-order valence-corrected chi connectivity index (χ1v) is 9.28. The minimum atomic E-state index is -0.900. The molecule has 150 valence electrons. The minimum absolute atomic E-state index is 0.222. The van der Waals surface area contributed by atoms with E-state index in [1.54, 1.807) is 15.9 Å². The Morgan fingerprint density at radius 2 is 2.03 bits per heavy atom. The maximum absolute atomic E-state index is 11.2. The van der Waals surface area contributed by atoms with Gasteiger partial charge in [-0.3, -0.25) is 10.3 Å². The zero-order chi connectivity index (χ0) is 21.0. The number of allylic oxidation sites excluding steroid dienone is 3. The van der Waals surface area contributed by atoms with Gasteiger partial charge in [0.05, 0.1) is 18.6 Å². The maximum Gasteiger partial charge on any atom is 0.160 e. The molecule has 1 aliphatic rings. The minimum Gasteiger partial charge on any atom is -0.384 e. The van der Waals surface area contributed by atoms with Crippen LogP contribution in [0, 0.1) is 5.41 Å². The number of rotatable bonds is 6. The van der Waals surface area contributed by atoms with Crippen LogP contribution in [0.5, 0.6) is 0 Å². The van der Waals surface area contributed by atoms with Gasteiger partial charge < -0.3 is 15.7 Å². The van der Waals surface area contributed by atoms with E-state index in [-0.39, 0.29) is 6.54 Å². The first-order chi connectivity index (χ1) is 14.0. The standard InChI is InChI=1S/C21H25N7O/c1-4-14(3)17(5-2)28-20(26-16-9-7-6-8-15(16)21(28)29)11-27(12-22)19-10-18(23)24-13-25-19/h4-10,12-13,21-22,29H,11H2,1-3H3,(H2,23,24,25)/b14-4-,17-5+,22-12?. The Labute approximate surface area is 170 Å². The Bertz CT molecular complexity index is 996. The molecule has 3 rings (SSSR count). The average molecular weight is 391 g/mol. The first kappa shape index (κ1) is 20.2. The molecule has 2 aromatic rings. The van der Waals surface area contributed by atoms with E-state index >= 15 is 0 Å². The van der Waals surface area contributed by atoms with Crippen molar-refractivity contribution >= 4 is 29.5 Å². The largest absolute Gasteiger partial charge is 0.384 e. The van der Waals surface area contributed by atoms with Crippen LogP contribution in [0.4, 0.5) is 17.3 Å². The van der Waals surface area contributed by atoms with Crippen LogP contribution in [-0.2, 0) is 0 Å². The summed E-state index contributed by atoms with van der Waals surface area (Å²) in [7, 11) is 0. The SMILES string of the molecule is C/C=C(C)\C(=C/C)N1C(CN(C=N)c2cc(N)ncn2)=Nc2ccccc2C1O. The maximum atomic E-state index is 11.2. The molecule has 8 heteroatoms. The zero-order valence-corrected chi connectivity index (χ0v) is 16.7. The van der Waals surface area contributed by atoms with Gasteiger partial charge in [-0.05, 0) is 32.4 Å². The molecule has 1 aliphatic heterocycles. The molecule has 2 heterocycles. The number of hydrogen-bond acceptors (Lipinski definition) is 7. The van der Waals surface area contributed by atoms with Crippen molar-refractivity contribution in [1.29, 1.82) is 5.41 Å². The summed E-state index contributed by atoms with van der Waals surface area (Å²) >= 11 is 0. The number of aliphatic hydroxyl groups is 1. The normalized spacial score (nSPS) is 16.9. The second kappa shape index (κ2) is 8.66. The predicted molar refractivity (Wildman–Crippen MR) is 116 cm³/mol. The van der Waals surface area contributed by atoms with E-state index in [9.17, 15) is 5.11 Å². The Balaban J connectivity index is 2.08. The number of nitrogen functional groups attached to an aromatic ring is 1. The predicted octanol–water partition coefficient (Wildman–Crippen LogP) is 3.38. The molecule has 1 aromatic heterocycles. The quantitative estimate of drug-likeness (QED) is 0.395. The monoisotopic (exact) mass is 391 g/mol. The van der Waals surface area contributed by atoms with E-state index in [4.69, 9.17) is 16.1 Å². The van der Waals surface area contributed by atoms with Gasteiger partial charge in [-0.2, -0.15) is 0 Å². The molecule has 4 N–H and O–H groups in total. The molecule has 1 atom stereocenters. The van der Waals surface area contributed by atoms with Crippen molar-refractivity contribution in [1.82, 2.24) is 14.9 Å². The van der Waals surface area contributed by atoms with Crippen LogP contribution >= 0.6 is 0 Å². The number of nitrogens with one attached hydrogen (secondary N) is 1. The average Bonchev–Trinajstić information content (AvgIpc) is 2.74. The first-order valence-electron chi connectivity index (χ1n) is 9.28. The molecule has 0 bridgehead atoms. The summed E-state index contributed by atoms with van der Waals surface area (Å²) < 4.78 is 0. The second-order valence-electron chi connectivity index (χ2n) is 6.53. The van der Waals surface area contributed by atoms with E-state index in [0.717, 1.165) is 23.2 Å². The molecule has 1 unspecified atom stereocenters. The fourth-order valence-corrected chi connectivity index (χ4v) is 3.23. The number of aliphatic imine (C=N–C) groups is 1. The third kappa shape index (κ3) is 4.02. The lowest BCUT2D eigenvalue weighted by Gasteiger charge is -2.38. The molecule has 0 aliphatic carbocycles. The Morgan fingerprint density at radius 3 is 2.69 bits per heavy atom.